The molecular weight excluding hydrogens is 312 g/mol. The fourth-order valence-electron chi connectivity index (χ4n) is 2.19. The summed E-state index contributed by atoms with van der Waals surface area (Å²) in [6, 6.07) is 4.42. The van der Waals surface area contributed by atoms with Crippen LogP contribution in [0, 0.1) is 0 Å². The summed E-state index contributed by atoms with van der Waals surface area (Å²) in [5, 5.41) is 28.7. The maximum atomic E-state index is 12.0. The van der Waals surface area contributed by atoms with Crippen molar-refractivity contribution in [1.29, 1.82) is 0 Å². The van der Waals surface area contributed by atoms with Gasteiger partial charge < -0.3 is 24.5 Å². The zero-order chi connectivity index (χ0) is 16.4. The minimum absolute atomic E-state index is 0.0389. The van der Waals surface area contributed by atoms with Gasteiger partial charge in [0.05, 0.1) is 24.7 Å². The van der Waals surface area contributed by atoms with Crippen LogP contribution < -0.4 is 10.4 Å². The maximum absolute atomic E-state index is 12.0. The Bertz CT molecular complexity index is 724. The van der Waals surface area contributed by atoms with Crippen LogP contribution in [0.15, 0.2) is 27.4 Å². The number of benzene rings is 1. The van der Waals surface area contributed by atoms with Crippen LogP contribution in [-0.2, 0) is 6.42 Å². The van der Waals surface area contributed by atoms with Crippen molar-refractivity contribution >= 4 is 22.4 Å². The molecule has 1 heterocycles. The normalized spacial score (nSPS) is 15.5. The molecule has 120 valence electrons. The maximum Gasteiger partial charge on any atom is 0.347 e. The molecule has 22 heavy (non-hydrogen) atoms. The van der Waals surface area contributed by atoms with Gasteiger partial charge in [0.15, 0.2) is 0 Å². The fraction of sp³-hybridized carbons (Fsp3) is 0.400. The molecule has 0 saturated heterocycles. The SMILES string of the molecule is COc1cc(O)c2c(=O)oc(CC(O)C(Cl)C(C)O)cc2c1. The molecule has 6 nitrogen and oxygen atoms in total. The van der Waals surface area contributed by atoms with E-state index in [1.807, 2.05) is 0 Å². The number of fused-ring (bicyclic) bond motifs is 1. The molecule has 0 spiro atoms. The number of alkyl halides is 1. The number of rotatable bonds is 5. The molecule has 2 rings (SSSR count). The number of aliphatic hydroxyl groups is 2. The molecule has 3 unspecified atom stereocenters. The van der Waals surface area contributed by atoms with Crippen LogP contribution in [0.5, 0.6) is 11.5 Å². The first-order chi connectivity index (χ1) is 10.3. The van der Waals surface area contributed by atoms with Gasteiger partial charge in [-0.15, -0.1) is 11.6 Å². The van der Waals surface area contributed by atoms with Gasteiger partial charge in [-0.3, -0.25) is 0 Å². The van der Waals surface area contributed by atoms with Crippen molar-refractivity contribution in [3.63, 3.8) is 0 Å². The monoisotopic (exact) mass is 328 g/mol. The summed E-state index contributed by atoms with van der Waals surface area (Å²) >= 11 is 5.87. The van der Waals surface area contributed by atoms with Gasteiger partial charge in [-0.05, 0) is 24.4 Å². The van der Waals surface area contributed by atoms with Crippen molar-refractivity contribution in [2.45, 2.75) is 30.9 Å². The van der Waals surface area contributed by atoms with Crippen LogP contribution >= 0.6 is 11.6 Å². The number of hydrogen-bond acceptors (Lipinski definition) is 6. The minimum atomic E-state index is -1.08. The Morgan fingerprint density at radius 1 is 1.32 bits per heavy atom. The van der Waals surface area contributed by atoms with Crippen LogP contribution in [0.2, 0.25) is 0 Å². The van der Waals surface area contributed by atoms with E-state index in [-0.39, 0.29) is 23.3 Å². The first-order valence-electron chi connectivity index (χ1n) is 6.67. The Balaban J connectivity index is 2.43. The van der Waals surface area contributed by atoms with Gasteiger partial charge in [0, 0.05) is 12.5 Å². The van der Waals surface area contributed by atoms with Gasteiger partial charge in [0.25, 0.3) is 0 Å². The second-order valence-electron chi connectivity index (χ2n) is 5.07. The molecule has 3 N–H and O–H groups in total. The first kappa shape index (κ1) is 16.6. The summed E-state index contributed by atoms with van der Waals surface area (Å²) in [4.78, 5) is 12.0. The zero-order valence-electron chi connectivity index (χ0n) is 12.1. The Morgan fingerprint density at radius 2 is 2.00 bits per heavy atom. The molecule has 0 saturated carbocycles. The van der Waals surface area contributed by atoms with Crippen molar-refractivity contribution in [3.8, 4) is 11.5 Å². The topological polar surface area (TPSA) is 100 Å². The van der Waals surface area contributed by atoms with Crippen LogP contribution in [-0.4, -0.2) is 40.0 Å². The second kappa shape index (κ2) is 6.56. The molecule has 1 aromatic carbocycles. The highest BCUT2D eigenvalue weighted by molar-refractivity contribution is 6.21. The molecule has 3 atom stereocenters. The molecule has 0 aliphatic heterocycles. The van der Waals surface area contributed by atoms with Gasteiger partial charge in [-0.1, -0.05) is 0 Å². The van der Waals surface area contributed by atoms with E-state index in [1.165, 1.54) is 26.2 Å². The van der Waals surface area contributed by atoms with Crippen molar-refractivity contribution in [2.75, 3.05) is 7.11 Å². The highest BCUT2D eigenvalue weighted by Crippen LogP contribution is 2.28. The average Bonchev–Trinajstić information content (AvgIpc) is 2.45. The third-order valence-electron chi connectivity index (χ3n) is 3.34. The number of phenolic OH excluding ortho intramolecular Hbond substituents is 1. The van der Waals surface area contributed by atoms with E-state index < -0.39 is 23.2 Å². The van der Waals surface area contributed by atoms with Gasteiger partial charge in [0.1, 0.15) is 22.6 Å². The second-order valence-corrected chi connectivity index (χ2v) is 5.57. The molecule has 0 aliphatic carbocycles. The predicted molar refractivity (Wildman–Crippen MR) is 81.7 cm³/mol. The lowest BCUT2D eigenvalue weighted by Crippen LogP contribution is -2.32. The number of ether oxygens (including phenoxy) is 1. The molecule has 0 amide bonds. The highest BCUT2D eigenvalue weighted by Gasteiger charge is 2.23. The summed E-state index contributed by atoms with van der Waals surface area (Å²) in [5.41, 5.74) is -0.719. The molecule has 7 heteroatoms. The van der Waals surface area contributed by atoms with Crippen molar-refractivity contribution in [1.82, 2.24) is 0 Å². The summed E-state index contributed by atoms with van der Waals surface area (Å²) in [7, 11) is 1.44. The van der Waals surface area contributed by atoms with E-state index in [1.54, 1.807) is 6.07 Å². The molecular formula is C15H17ClO6. The summed E-state index contributed by atoms with van der Waals surface area (Å²) < 4.78 is 10.1. The van der Waals surface area contributed by atoms with Crippen LogP contribution in [0.3, 0.4) is 0 Å². The smallest absolute Gasteiger partial charge is 0.347 e. The number of aromatic hydroxyl groups is 1. The Labute approximate surface area is 131 Å². The predicted octanol–water partition coefficient (Wildman–Crippen LogP) is 1.40. The third-order valence-corrected chi connectivity index (χ3v) is 4.00. The summed E-state index contributed by atoms with van der Waals surface area (Å²) in [5.74, 6) is 0.347. The minimum Gasteiger partial charge on any atom is -0.507 e. The lowest BCUT2D eigenvalue weighted by Gasteiger charge is -2.18. The van der Waals surface area contributed by atoms with E-state index in [0.29, 0.717) is 11.1 Å². The standard InChI is InChI=1S/C15H17ClO6/c1-7(17)14(16)12(19)6-10-4-8-3-9(21-2)5-11(18)13(8)15(20)22-10/h3-5,7,12,14,17-19H,6H2,1-2H3. The summed E-state index contributed by atoms with van der Waals surface area (Å²) in [6.07, 6.45) is -2.03. The van der Waals surface area contributed by atoms with E-state index in [0.717, 1.165) is 0 Å². The largest absolute Gasteiger partial charge is 0.507 e. The van der Waals surface area contributed by atoms with Crippen molar-refractivity contribution in [3.05, 3.63) is 34.4 Å². The van der Waals surface area contributed by atoms with E-state index >= 15 is 0 Å². The van der Waals surface area contributed by atoms with Gasteiger partial charge in [-0.25, -0.2) is 4.79 Å². The number of phenols is 1. The van der Waals surface area contributed by atoms with Gasteiger partial charge in [0.2, 0.25) is 0 Å². The first-order valence-corrected chi connectivity index (χ1v) is 7.11. The average molecular weight is 329 g/mol. The summed E-state index contributed by atoms with van der Waals surface area (Å²) in [6.45, 7) is 1.46. The van der Waals surface area contributed by atoms with E-state index in [2.05, 4.69) is 0 Å². The Kier molecular flexibility index (Phi) is 4.95. The number of aliphatic hydroxyl groups excluding tert-OH is 2. The Hall–Kier alpha value is -1.76. The molecule has 0 radical (unpaired) electrons. The molecule has 1 aromatic heterocycles. The van der Waals surface area contributed by atoms with Crippen molar-refractivity contribution < 1.29 is 24.5 Å². The van der Waals surface area contributed by atoms with E-state index in [9.17, 15) is 20.1 Å². The Morgan fingerprint density at radius 3 is 2.59 bits per heavy atom. The molecule has 2 aromatic rings. The van der Waals surface area contributed by atoms with E-state index in [4.69, 9.17) is 20.8 Å². The highest BCUT2D eigenvalue weighted by atomic mass is 35.5. The lowest BCUT2D eigenvalue weighted by atomic mass is 10.1. The zero-order valence-corrected chi connectivity index (χ0v) is 12.9. The number of methoxy groups -OCH3 is 1. The molecule has 0 aliphatic rings. The molecule has 0 fully saturated rings. The number of hydrogen-bond donors (Lipinski definition) is 3. The van der Waals surface area contributed by atoms with Gasteiger partial charge in [-0.2, -0.15) is 0 Å². The van der Waals surface area contributed by atoms with Crippen LogP contribution in [0.25, 0.3) is 10.8 Å². The van der Waals surface area contributed by atoms with Crippen LogP contribution in [0.4, 0.5) is 0 Å². The van der Waals surface area contributed by atoms with Crippen molar-refractivity contribution in [2.24, 2.45) is 0 Å². The lowest BCUT2D eigenvalue weighted by molar-refractivity contribution is 0.0923. The van der Waals surface area contributed by atoms with Crippen LogP contribution in [0.1, 0.15) is 12.7 Å². The third kappa shape index (κ3) is 3.35. The van der Waals surface area contributed by atoms with Gasteiger partial charge >= 0.3 is 5.63 Å². The quantitative estimate of drug-likeness (QED) is 0.717. The fourth-order valence-corrected chi connectivity index (χ4v) is 2.28. The molecule has 0 bridgehead atoms. The number of halogens is 1.